The van der Waals surface area contributed by atoms with Gasteiger partial charge in [0.05, 0.1) is 0 Å². The van der Waals surface area contributed by atoms with Crippen LogP contribution in [0.15, 0.2) is 0 Å². The van der Waals surface area contributed by atoms with Crippen molar-refractivity contribution in [1.82, 2.24) is 10.2 Å². The lowest BCUT2D eigenvalue weighted by molar-refractivity contribution is -0.122. The fraction of sp³-hybridized carbons (Fsp3) is 0.929. The smallest absolute Gasteiger partial charge is 0.220 e. The summed E-state index contributed by atoms with van der Waals surface area (Å²) in [4.78, 5) is 14.3. The summed E-state index contributed by atoms with van der Waals surface area (Å²) in [6.45, 7) is 6.63. The maximum Gasteiger partial charge on any atom is 0.220 e. The van der Waals surface area contributed by atoms with E-state index in [1.54, 1.807) is 0 Å². The fourth-order valence-corrected chi connectivity index (χ4v) is 3.16. The normalized spacial score (nSPS) is 23.9. The number of nitrogens with one attached hydrogen (secondary N) is 1. The van der Waals surface area contributed by atoms with E-state index in [1.807, 2.05) is 0 Å². The first kappa shape index (κ1) is 14.2. The molecule has 0 atom stereocenters. The molecule has 0 aromatic heterocycles. The number of hydrogen-bond acceptors (Lipinski definition) is 3. The molecule has 2 rings (SSSR count). The Labute approximate surface area is 116 Å². The number of hydrogen-bond donors (Lipinski definition) is 2. The van der Waals surface area contributed by atoms with Crippen LogP contribution < -0.4 is 5.32 Å². The molecule has 1 N–H and O–H groups in total. The summed E-state index contributed by atoms with van der Waals surface area (Å²) >= 11 is 4.34. The summed E-state index contributed by atoms with van der Waals surface area (Å²) in [6.07, 6.45) is 5.50. The van der Waals surface area contributed by atoms with Crippen LogP contribution in [0, 0.1) is 11.3 Å². The second kappa shape index (κ2) is 6.29. The summed E-state index contributed by atoms with van der Waals surface area (Å²) in [7, 11) is 0. The molecule has 4 heteroatoms. The maximum absolute atomic E-state index is 11.9. The van der Waals surface area contributed by atoms with Gasteiger partial charge in [-0.1, -0.05) is 6.92 Å². The molecule has 0 radical (unpaired) electrons. The van der Waals surface area contributed by atoms with E-state index in [9.17, 15) is 4.79 Å². The molecule has 104 valence electrons. The van der Waals surface area contributed by atoms with Gasteiger partial charge >= 0.3 is 0 Å². The average molecular weight is 270 g/mol. The minimum atomic E-state index is 0.236. The Morgan fingerprint density at radius 1 is 1.39 bits per heavy atom. The highest BCUT2D eigenvalue weighted by Crippen LogP contribution is 2.49. The van der Waals surface area contributed by atoms with Crippen LogP contribution in [-0.4, -0.2) is 42.7 Å². The van der Waals surface area contributed by atoms with Gasteiger partial charge in [0.25, 0.3) is 0 Å². The van der Waals surface area contributed by atoms with Crippen LogP contribution in [0.4, 0.5) is 0 Å². The molecule has 1 aliphatic heterocycles. The molecule has 0 bridgehead atoms. The maximum atomic E-state index is 11.9. The van der Waals surface area contributed by atoms with Crippen LogP contribution in [0.5, 0.6) is 0 Å². The fourth-order valence-electron chi connectivity index (χ4n) is 2.74. The SMILES string of the molecule is CCN1CCC(CNC(=O)CC2(CS)CC2)CC1. The second-order valence-corrected chi connectivity index (χ2v) is 6.33. The van der Waals surface area contributed by atoms with Crippen molar-refractivity contribution in [2.45, 2.75) is 39.0 Å². The molecule has 1 amide bonds. The van der Waals surface area contributed by atoms with Gasteiger partial charge in [0, 0.05) is 13.0 Å². The first-order valence-electron chi connectivity index (χ1n) is 7.27. The number of thiol groups is 1. The molecule has 0 aromatic rings. The van der Waals surface area contributed by atoms with E-state index < -0.39 is 0 Å². The molecular weight excluding hydrogens is 244 g/mol. The third kappa shape index (κ3) is 3.89. The highest BCUT2D eigenvalue weighted by molar-refractivity contribution is 7.80. The molecular formula is C14H26N2OS. The van der Waals surface area contributed by atoms with Crippen LogP contribution >= 0.6 is 12.6 Å². The Kier molecular flexibility index (Phi) is 4.96. The van der Waals surface area contributed by atoms with Gasteiger partial charge in [-0.3, -0.25) is 4.79 Å². The number of nitrogens with zero attached hydrogens (tertiary/aromatic N) is 1. The van der Waals surface area contributed by atoms with Gasteiger partial charge in [-0.2, -0.15) is 12.6 Å². The quantitative estimate of drug-likeness (QED) is 0.723. The van der Waals surface area contributed by atoms with Gasteiger partial charge in [-0.15, -0.1) is 0 Å². The Morgan fingerprint density at radius 3 is 2.56 bits per heavy atom. The van der Waals surface area contributed by atoms with Crippen molar-refractivity contribution in [3.05, 3.63) is 0 Å². The van der Waals surface area contributed by atoms with Crippen LogP contribution in [-0.2, 0) is 4.79 Å². The van der Waals surface area contributed by atoms with Crippen LogP contribution in [0.25, 0.3) is 0 Å². The predicted molar refractivity (Wildman–Crippen MR) is 78.0 cm³/mol. The molecule has 0 aromatic carbocycles. The zero-order valence-electron chi connectivity index (χ0n) is 11.5. The van der Waals surface area contributed by atoms with Crippen molar-refractivity contribution < 1.29 is 4.79 Å². The number of amides is 1. The molecule has 2 aliphatic rings. The number of likely N-dealkylation sites (tertiary alicyclic amines) is 1. The van der Waals surface area contributed by atoms with E-state index in [0.717, 1.165) is 18.8 Å². The van der Waals surface area contributed by atoms with Gasteiger partial charge in [-0.05, 0) is 62.4 Å². The van der Waals surface area contributed by atoms with Gasteiger partial charge < -0.3 is 10.2 Å². The van der Waals surface area contributed by atoms with Gasteiger partial charge in [0.1, 0.15) is 0 Å². The van der Waals surface area contributed by atoms with E-state index in [0.29, 0.717) is 12.3 Å². The third-order valence-electron chi connectivity index (χ3n) is 4.57. The highest BCUT2D eigenvalue weighted by Gasteiger charge is 2.42. The Bertz CT molecular complexity index is 284. The van der Waals surface area contributed by atoms with Crippen molar-refractivity contribution >= 4 is 18.5 Å². The van der Waals surface area contributed by atoms with Crippen LogP contribution in [0.3, 0.4) is 0 Å². The van der Waals surface area contributed by atoms with Crippen molar-refractivity contribution in [3.8, 4) is 0 Å². The van der Waals surface area contributed by atoms with Crippen molar-refractivity contribution in [2.75, 3.05) is 31.9 Å². The lowest BCUT2D eigenvalue weighted by atomic mass is 9.96. The molecule has 1 saturated heterocycles. The minimum absolute atomic E-state index is 0.236. The van der Waals surface area contributed by atoms with E-state index in [4.69, 9.17) is 0 Å². The summed E-state index contributed by atoms with van der Waals surface area (Å²) in [5.74, 6) is 1.78. The van der Waals surface area contributed by atoms with E-state index in [2.05, 4.69) is 29.8 Å². The number of carbonyl (C=O) groups is 1. The lowest BCUT2D eigenvalue weighted by Crippen LogP contribution is -2.38. The first-order chi connectivity index (χ1) is 8.67. The summed E-state index contributed by atoms with van der Waals surface area (Å²) in [5.41, 5.74) is 0.249. The molecule has 1 heterocycles. The average Bonchev–Trinajstić information content (AvgIpc) is 3.17. The van der Waals surface area contributed by atoms with Crippen molar-refractivity contribution in [3.63, 3.8) is 0 Å². The molecule has 0 unspecified atom stereocenters. The molecule has 2 fully saturated rings. The number of rotatable bonds is 6. The van der Waals surface area contributed by atoms with E-state index in [1.165, 1.54) is 38.8 Å². The Hall–Kier alpha value is -0.220. The lowest BCUT2D eigenvalue weighted by Gasteiger charge is -2.31. The molecule has 1 aliphatic carbocycles. The first-order valence-corrected chi connectivity index (χ1v) is 7.90. The molecule has 18 heavy (non-hydrogen) atoms. The topological polar surface area (TPSA) is 32.3 Å². The monoisotopic (exact) mass is 270 g/mol. The zero-order valence-corrected chi connectivity index (χ0v) is 12.3. The Balaban J connectivity index is 1.61. The summed E-state index contributed by atoms with van der Waals surface area (Å²) in [6, 6.07) is 0. The highest BCUT2D eigenvalue weighted by atomic mass is 32.1. The van der Waals surface area contributed by atoms with Crippen LogP contribution in [0.2, 0.25) is 0 Å². The van der Waals surface area contributed by atoms with Crippen molar-refractivity contribution in [1.29, 1.82) is 0 Å². The van der Waals surface area contributed by atoms with Crippen LogP contribution in [0.1, 0.15) is 39.0 Å². The van der Waals surface area contributed by atoms with Gasteiger partial charge in [0.15, 0.2) is 0 Å². The third-order valence-corrected chi connectivity index (χ3v) is 5.24. The summed E-state index contributed by atoms with van der Waals surface area (Å²) < 4.78 is 0. The summed E-state index contributed by atoms with van der Waals surface area (Å²) in [5, 5.41) is 3.12. The van der Waals surface area contributed by atoms with Crippen molar-refractivity contribution in [2.24, 2.45) is 11.3 Å². The number of carbonyl (C=O) groups excluding carboxylic acids is 1. The Morgan fingerprint density at radius 2 is 2.06 bits per heavy atom. The van der Waals surface area contributed by atoms with E-state index in [-0.39, 0.29) is 11.3 Å². The number of piperidine rings is 1. The largest absolute Gasteiger partial charge is 0.356 e. The standard InChI is InChI=1S/C14H26N2OS/c1-2-16-7-3-12(4-8-16)10-15-13(17)9-14(11-18)5-6-14/h12,18H,2-11H2,1H3,(H,15,17). The van der Waals surface area contributed by atoms with Gasteiger partial charge in [-0.25, -0.2) is 0 Å². The molecule has 0 spiro atoms. The van der Waals surface area contributed by atoms with E-state index >= 15 is 0 Å². The minimum Gasteiger partial charge on any atom is -0.356 e. The second-order valence-electron chi connectivity index (χ2n) is 6.02. The van der Waals surface area contributed by atoms with Gasteiger partial charge in [0.2, 0.25) is 5.91 Å². The predicted octanol–water partition coefficient (Wildman–Crippen LogP) is 1.93. The molecule has 3 nitrogen and oxygen atoms in total. The molecule has 1 saturated carbocycles. The zero-order chi connectivity index (χ0) is 13.0.